The molecule has 0 fully saturated rings. The molecule has 0 aliphatic rings. The first kappa shape index (κ1) is 21.1. The Morgan fingerprint density at radius 3 is 2.80 bits per heavy atom. The van der Waals surface area contributed by atoms with Crippen LogP contribution in [0, 0.1) is 17.4 Å². The van der Waals surface area contributed by atoms with E-state index in [0.717, 1.165) is 36.2 Å². The minimum atomic E-state index is -0.367. The summed E-state index contributed by atoms with van der Waals surface area (Å²) < 4.78 is 2.62. The minimum absolute atomic E-state index is 0.184. The molecule has 152 valence electrons. The molecular formula is C19H14ClIN6OS2. The second kappa shape index (κ2) is 8.53. The van der Waals surface area contributed by atoms with Gasteiger partial charge in [-0.3, -0.25) is 10.1 Å². The molecule has 11 heteroatoms. The molecule has 0 saturated heterocycles. The van der Waals surface area contributed by atoms with Crippen LogP contribution in [0.4, 0.5) is 5.69 Å². The molecular weight excluding hydrogens is 555 g/mol. The number of aryl methyl sites for hydroxylation is 1. The van der Waals surface area contributed by atoms with Crippen molar-refractivity contribution in [1.29, 1.82) is 0 Å². The van der Waals surface area contributed by atoms with Crippen LogP contribution < -0.4 is 10.6 Å². The summed E-state index contributed by atoms with van der Waals surface area (Å²) in [5.74, 6) is 0.367. The lowest BCUT2D eigenvalue weighted by molar-refractivity contribution is 0.0978. The maximum atomic E-state index is 12.5. The van der Waals surface area contributed by atoms with Crippen molar-refractivity contribution in [3.63, 3.8) is 0 Å². The highest BCUT2D eigenvalue weighted by atomic mass is 127. The van der Waals surface area contributed by atoms with Gasteiger partial charge in [0.2, 0.25) is 4.96 Å². The van der Waals surface area contributed by atoms with E-state index in [2.05, 4.69) is 48.5 Å². The molecule has 0 aliphatic heterocycles. The Morgan fingerprint density at radius 1 is 1.23 bits per heavy atom. The molecule has 0 saturated carbocycles. The predicted molar refractivity (Wildman–Crippen MR) is 131 cm³/mol. The van der Waals surface area contributed by atoms with Crippen molar-refractivity contribution in [1.82, 2.24) is 25.1 Å². The molecule has 2 aromatic heterocycles. The van der Waals surface area contributed by atoms with Crippen LogP contribution in [0.25, 0.3) is 15.5 Å². The molecule has 1 amide bonds. The van der Waals surface area contributed by atoms with Gasteiger partial charge >= 0.3 is 0 Å². The van der Waals surface area contributed by atoms with Gasteiger partial charge in [0.1, 0.15) is 5.01 Å². The number of carbonyl (C=O) groups is 1. The molecule has 0 atom stereocenters. The van der Waals surface area contributed by atoms with Crippen LogP contribution in [0.5, 0.6) is 0 Å². The van der Waals surface area contributed by atoms with Crippen molar-refractivity contribution >= 4 is 79.4 Å². The van der Waals surface area contributed by atoms with E-state index in [9.17, 15) is 4.79 Å². The maximum absolute atomic E-state index is 12.5. The smallest absolute Gasteiger partial charge is 0.258 e. The van der Waals surface area contributed by atoms with Crippen LogP contribution >= 0.6 is 57.7 Å². The number of aromatic nitrogens is 4. The first-order valence-corrected chi connectivity index (χ1v) is 11.4. The SMILES string of the molecule is Cc1c(NC(=S)NC(=O)c2cc(I)ccc2Cl)cccc1-c1nn2c(C)nnc2s1. The number of hydrogen-bond acceptors (Lipinski definition) is 6. The molecule has 0 unspecified atom stereocenters. The van der Waals surface area contributed by atoms with Gasteiger partial charge in [0, 0.05) is 14.8 Å². The normalized spacial score (nSPS) is 10.9. The zero-order valence-corrected chi connectivity index (χ0v) is 20.3. The Kier molecular flexibility index (Phi) is 6.00. The predicted octanol–water partition coefficient (Wildman–Crippen LogP) is 4.85. The summed E-state index contributed by atoms with van der Waals surface area (Å²) in [6.07, 6.45) is 0. The van der Waals surface area contributed by atoms with Gasteiger partial charge in [0.15, 0.2) is 10.9 Å². The summed E-state index contributed by atoms with van der Waals surface area (Å²) in [6.45, 7) is 3.82. The van der Waals surface area contributed by atoms with Crippen LogP contribution in [0.2, 0.25) is 5.02 Å². The average molecular weight is 569 g/mol. The van der Waals surface area contributed by atoms with E-state index in [1.165, 1.54) is 11.3 Å². The summed E-state index contributed by atoms with van der Waals surface area (Å²) in [6, 6.07) is 11.0. The van der Waals surface area contributed by atoms with E-state index in [4.69, 9.17) is 23.8 Å². The number of hydrogen-bond donors (Lipinski definition) is 2. The van der Waals surface area contributed by atoms with Crippen LogP contribution in [0.1, 0.15) is 21.7 Å². The number of nitrogens with one attached hydrogen (secondary N) is 2. The third-order valence-corrected chi connectivity index (χ3v) is 6.50. The summed E-state index contributed by atoms with van der Waals surface area (Å²) in [7, 11) is 0. The Labute approximate surface area is 200 Å². The lowest BCUT2D eigenvalue weighted by atomic mass is 10.1. The summed E-state index contributed by atoms with van der Waals surface area (Å²) in [5, 5.41) is 19.9. The van der Waals surface area contributed by atoms with Gasteiger partial charge in [0.05, 0.1) is 10.6 Å². The largest absolute Gasteiger partial charge is 0.332 e. The Hall–Kier alpha value is -2.15. The van der Waals surface area contributed by atoms with E-state index in [0.29, 0.717) is 10.6 Å². The average Bonchev–Trinajstić information content (AvgIpc) is 3.27. The summed E-state index contributed by atoms with van der Waals surface area (Å²) in [5.41, 5.74) is 3.04. The Balaban J connectivity index is 1.54. The van der Waals surface area contributed by atoms with Gasteiger partial charge in [-0.15, -0.1) is 10.2 Å². The van der Waals surface area contributed by atoms with E-state index in [1.807, 2.05) is 38.1 Å². The van der Waals surface area contributed by atoms with Gasteiger partial charge in [-0.2, -0.15) is 9.61 Å². The highest BCUT2D eigenvalue weighted by molar-refractivity contribution is 14.1. The van der Waals surface area contributed by atoms with E-state index in [-0.39, 0.29) is 11.0 Å². The fourth-order valence-electron chi connectivity index (χ4n) is 2.82. The van der Waals surface area contributed by atoms with Gasteiger partial charge in [0.25, 0.3) is 5.91 Å². The topological polar surface area (TPSA) is 84.2 Å². The molecule has 7 nitrogen and oxygen atoms in total. The first-order chi connectivity index (χ1) is 14.3. The Bertz CT molecular complexity index is 1300. The van der Waals surface area contributed by atoms with Crippen LogP contribution in [0.3, 0.4) is 0 Å². The molecule has 0 aliphatic carbocycles. The second-order valence-corrected chi connectivity index (χ2v) is 9.38. The standard InChI is InChI=1S/C19H14ClIN6OS2/c1-9-12(17-26-27-10(2)24-25-19(27)30-17)4-3-5-15(9)22-18(29)23-16(28)13-8-11(21)6-7-14(13)20/h3-8H,1-2H3,(H2,22,23,28,29). The van der Waals surface area contributed by atoms with Crippen molar-refractivity contribution in [2.75, 3.05) is 5.32 Å². The molecule has 2 aromatic carbocycles. The lowest BCUT2D eigenvalue weighted by Crippen LogP contribution is -2.34. The van der Waals surface area contributed by atoms with Gasteiger partial charge in [-0.25, -0.2) is 0 Å². The van der Waals surface area contributed by atoms with Crippen molar-refractivity contribution in [2.24, 2.45) is 0 Å². The molecule has 2 N–H and O–H groups in total. The van der Waals surface area contributed by atoms with E-state index >= 15 is 0 Å². The number of amides is 1. The lowest BCUT2D eigenvalue weighted by Gasteiger charge is -2.14. The number of nitrogens with zero attached hydrogens (tertiary/aromatic N) is 4. The second-order valence-electron chi connectivity index (χ2n) is 6.36. The van der Waals surface area contributed by atoms with Crippen LogP contribution in [-0.4, -0.2) is 30.8 Å². The number of thiocarbonyl (C=S) groups is 1. The molecule has 4 rings (SSSR count). The van der Waals surface area contributed by atoms with Crippen LogP contribution in [0.15, 0.2) is 36.4 Å². The Morgan fingerprint density at radius 2 is 2.03 bits per heavy atom. The fraction of sp³-hybridized carbons (Fsp3) is 0.105. The van der Waals surface area contributed by atoms with Crippen LogP contribution in [-0.2, 0) is 0 Å². The summed E-state index contributed by atoms with van der Waals surface area (Å²) in [4.78, 5) is 13.3. The molecule has 0 radical (unpaired) electrons. The number of carbonyl (C=O) groups excluding carboxylic acids is 1. The summed E-state index contributed by atoms with van der Waals surface area (Å²) >= 11 is 15.1. The van der Waals surface area contributed by atoms with Gasteiger partial charge in [-0.1, -0.05) is 35.1 Å². The third kappa shape index (κ3) is 4.17. The third-order valence-electron chi connectivity index (χ3n) is 4.36. The van der Waals surface area contributed by atoms with Crippen molar-refractivity contribution in [3.05, 3.63) is 61.9 Å². The quantitative estimate of drug-likeness (QED) is 0.271. The van der Waals surface area contributed by atoms with Crippen molar-refractivity contribution < 1.29 is 4.79 Å². The number of fused-ring (bicyclic) bond motifs is 1. The highest BCUT2D eigenvalue weighted by Gasteiger charge is 2.16. The zero-order valence-electron chi connectivity index (χ0n) is 15.7. The fourth-order valence-corrected chi connectivity index (χ4v) is 4.69. The molecule has 2 heterocycles. The van der Waals surface area contributed by atoms with E-state index < -0.39 is 0 Å². The van der Waals surface area contributed by atoms with Crippen molar-refractivity contribution in [3.8, 4) is 10.6 Å². The molecule has 0 bridgehead atoms. The van der Waals surface area contributed by atoms with E-state index in [1.54, 1.807) is 16.6 Å². The molecule has 4 aromatic rings. The van der Waals surface area contributed by atoms with Gasteiger partial charge < -0.3 is 5.32 Å². The van der Waals surface area contributed by atoms with Crippen molar-refractivity contribution in [2.45, 2.75) is 13.8 Å². The number of anilines is 1. The highest BCUT2D eigenvalue weighted by Crippen LogP contribution is 2.31. The number of rotatable bonds is 3. The molecule has 30 heavy (non-hydrogen) atoms. The van der Waals surface area contributed by atoms with Gasteiger partial charge in [-0.05, 0) is 78.5 Å². The minimum Gasteiger partial charge on any atom is -0.332 e. The number of halogens is 2. The zero-order chi connectivity index (χ0) is 21.4. The first-order valence-electron chi connectivity index (χ1n) is 8.69. The number of benzene rings is 2. The monoisotopic (exact) mass is 568 g/mol. The molecule has 0 spiro atoms. The maximum Gasteiger partial charge on any atom is 0.258 e.